The van der Waals surface area contributed by atoms with Crippen molar-refractivity contribution in [2.45, 2.75) is 0 Å². The van der Waals surface area contributed by atoms with E-state index in [1.807, 2.05) is 6.07 Å². The molecular formula is C18H17N3O3. The molecule has 0 unspecified atom stereocenters. The summed E-state index contributed by atoms with van der Waals surface area (Å²) in [6.45, 7) is -0.0378. The maximum absolute atomic E-state index is 12.1. The summed E-state index contributed by atoms with van der Waals surface area (Å²) < 4.78 is 5.36. The lowest BCUT2D eigenvalue weighted by atomic mass is 10.1. The SMILES string of the molecule is CN(C)C(=O)COc1ccc(NC(=O)c2ccc(C#N)cc2)cc1. The van der Waals surface area contributed by atoms with Crippen LogP contribution in [-0.4, -0.2) is 37.4 Å². The predicted molar refractivity (Wildman–Crippen MR) is 89.7 cm³/mol. The van der Waals surface area contributed by atoms with Gasteiger partial charge < -0.3 is 15.0 Å². The number of benzene rings is 2. The summed E-state index contributed by atoms with van der Waals surface area (Å²) in [6, 6.07) is 15.1. The van der Waals surface area contributed by atoms with Crippen molar-refractivity contribution < 1.29 is 14.3 Å². The van der Waals surface area contributed by atoms with Gasteiger partial charge in [0.2, 0.25) is 0 Å². The minimum atomic E-state index is -0.268. The lowest BCUT2D eigenvalue weighted by Crippen LogP contribution is -2.27. The van der Waals surface area contributed by atoms with Crippen LogP contribution in [0.5, 0.6) is 5.75 Å². The lowest BCUT2D eigenvalue weighted by molar-refractivity contribution is -0.130. The molecule has 6 heteroatoms. The third-order valence-electron chi connectivity index (χ3n) is 3.25. The van der Waals surface area contributed by atoms with Gasteiger partial charge in [0.25, 0.3) is 11.8 Å². The summed E-state index contributed by atoms with van der Waals surface area (Å²) in [7, 11) is 3.32. The van der Waals surface area contributed by atoms with Gasteiger partial charge >= 0.3 is 0 Å². The van der Waals surface area contributed by atoms with Crippen LogP contribution in [0.2, 0.25) is 0 Å². The fourth-order valence-corrected chi connectivity index (χ4v) is 1.81. The van der Waals surface area contributed by atoms with Crippen LogP contribution >= 0.6 is 0 Å². The smallest absolute Gasteiger partial charge is 0.259 e. The summed E-state index contributed by atoms with van der Waals surface area (Å²) in [5.41, 5.74) is 1.57. The van der Waals surface area contributed by atoms with E-state index in [1.54, 1.807) is 62.6 Å². The van der Waals surface area contributed by atoms with E-state index in [4.69, 9.17) is 10.00 Å². The van der Waals surface area contributed by atoms with E-state index in [0.29, 0.717) is 22.6 Å². The molecule has 0 aliphatic carbocycles. The maximum Gasteiger partial charge on any atom is 0.259 e. The van der Waals surface area contributed by atoms with Gasteiger partial charge in [0, 0.05) is 25.3 Å². The van der Waals surface area contributed by atoms with Gasteiger partial charge in [-0.2, -0.15) is 5.26 Å². The second kappa shape index (κ2) is 7.79. The Hall–Kier alpha value is -3.33. The van der Waals surface area contributed by atoms with Gasteiger partial charge in [-0.3, -0.25) is 9.59 Å². The number of rotatable bonds is 5. The highest BCUT2D eigenvalue weighted by molar-refractivity contribution is 6.04. The summed E-state index contributed by atoms with van der Waals surface area (Å²) in [5.74, 6) is 0.144. The number of nitrogens with zero attached hydrogens (tertiary/aromatic N) is 2. The number of amides is 2. The molecule has 0 spiro atoms. The van der Waals surface area contributed by atoms with E-state index < -0.39 is 0 Å². The third kappa shape index (κ3) is 4.58. The summed E-state index contributed by atoms with van der Waals surface area (Å²) in [4.78, 5) is 25.0. The first-order valence-electron chi connectivity index (χ1n) is 7.24. The number of nitrogens with one attached hydrogen (secondary N) is 1. The highest BCUT2D eigenvalue weighted by atomic mass is 16.5. The molecule has 0 heterocycles. The zero-order valence-electron chi connectivity index (χ0n) is 13.4. The quantitative estimate of drug-likeness (QED) is 0.915. The van der Waals surface area contributed by atoms with E-state index in [1.165, 1.54) is 4.90 Å². The maximum atomic E-state index is 12.1. The van der Waals surface area contributed by atoms with E-state index in [-0.39, 0.29) is 18.4 Å². The molecule has 1 N–H and O–H groups in total. The van der Waals surface area contributed by atoms with Gasteiger partial charge in [0.15, 0.2) is 6.61 Å². The standard InChI is InChI=1S/C18H17N3O3/c1-21(2)17(22)12-24-16-9-7-15(8-10-16)20-18(23)14-5-3-13(11-19)4-6-14/h3-10H,12H2,1-2H3,(H,20,23). The minimum Gasteiger partial charge on any atom is -0.484 e. The molecule has 0 radical (unpaired) electrons. The number of carbonyl (C=O) groups excluding carboxylic acids is 2. The van der Waals surface area contributed by atoms with Crippen LogP contribution in [0.1, 0.15) is 15.9 Å². The second-order valence-electron chi connectivity index (χ2n) is 5.24. The third-order valence-corrected chi connectivity index (χ3v) is 3.25. The van der Waals surface area contributed by atoms with Crippen LogP contribution in [-0.2, 0) is 4.79 Å². The molecule has 6 nitrogen and oxygen atoms in total. The van der Waals surface area contributed by atoms with Crippen LogP contribution in [0.25, 0.3) is 0 Å². The first-order chi connectivity index (χ1) is 11.5. The highest BCUT2D eigenvalue weighted by Gasteiger charge is 2.07. The fourth-order valence-electron chi connectivity index (χ4n) is 1.81. The first kappa shape index (κ1) is 17.0. The molecular weight excluding hydrogens is 306 g/mol. The molecule has 24 heavy (non-hydrogen) atoms. The summed E-state index contributed by atoms with van der Waals surface area (Å²) in [6.07, 6.45) is 0. The largest absolute Gasteiger partial charge is 0.484 e. The number of nitriles is 1. The Bertz CT molecular complexity index is 760. The Morgan fingerprint density at radius 1 is 1.08 bits per heavy atom. The van der Waals surface area contributed by atoms with Gasteiger partial charge in [-0.1, -0.05) is 0 Å². The second-order valence-corrected chi connectivity index (χ2v) is 5.24. The van der Waals surface area contributed by atoms with Crippen LogP contribution in [0, 0.1) is 11.3 Å². The van der Waals surface area contributed by atoms with Crippen LogP contribution in [0.3, 0.4) is 0 Å². The van der Waals surface area contributed by atoms with Gasteiger partial charge in [-0.05, 0) is 48.5 Å². The number of hydrogen-bond acceptors (Lipinski definition) is 4. The molecule has 2 aromatic rings. The van der Waals surface area contributed by atoms with Crippen LogP contribution in [0.4, 0.5) is 5.69 Å². The van der Waals surface area contributed by atoms with E-state index in [9.17, 15) is 9.59 Å². The normalized spacial score (nSPS) is 9.71. The monoisotopic (exact) mass is 323 g/mol. The number of likely N-dealkylation sites (N-methyl/N-ethyl adjacent to an activating group) is 1. The molecule has 0 aromatic heterocycles. The number of carbonyl (C=O) groups is 2. The minimum absolute atomic E-state index is 0.0378. The predicted octanol–water partition coefficient (Wildman–Crippen LogP) is 2.28. The lowest BCUT2D eigenvalue weighted by Gasteiger charge is -2.11. The number of ether oxygens (including phenoxy) is 1. The summed E-state index contributed by atoms with van der Waals surface area (Å²) >= 11 is 0. The molecule has 0 bridgehead atoms. The van der Waals surface area contributed by atoms with Crippen LogP contribution in [0.15, 0.2) is 48.5 Å². The molecule has 0 atom stereocenters. The fraction of sp³-hybridized carbons (Fsp3) is 0.167. The van der Waals surface area contributed by atoms with Crippen molar-refractivity contribution in [1.29, 1.82) is 5.26 Å². The summed E-state index contributed by atoms with van der Waals surface area (Å²) in [5, 5.41) is 11.5. The van der Waals surface area contributed by atoms with Crippen molar-refractivity contribution in [3.63, 3.8) is 0 Å². The zero-order valence-corrected chi connectivity index (χ0v) is 13.4. The molecule has 0 fully saturated rings. The first-order valence-corrected chi connectivity index (χ1v) is 7.24. The Labute approximate surface area is 140 Å². The highest BCUT2D eigenvalue weighted by Crippen LogP contribution is 2.16. The van der Waals surface area contributed by atoms with Gasteiger partial charge in [-0.25, -0.2) is 0 Å². The Kier molecular flexibility index (Phi) is 5.53. The van der Waals surface area contributed by atoms with E-state index in [0.717, 1.165) is 0 Å². The average Bonchev–Trinajstić information content (AvgIpc) is 2.60. The van der Waals surface area contributed by atoms with Gasteiger partial charge in [0.05, 0.1) is 11.6 Å². The molecule has 0 saturated carbocycles. The van der Waals surface area contributed by atoms with Crippen LogP contribution < -0.4 is 10.1 Å². The Morgan fingerprint density at radius 2 is 1.71 bits per heavy atom. The Morgan fingerprint density at radius 3 is 2.25 bits per heavy atom. The van der Waals surface area contributed by atoms with Gasteiger partial charge in [0.1, 0.15) is 5.75 Å². The molecule has 2 aromatic carbocycles. The van der Waals surface area contributed by atoms with Crippen molar-refractivity contribution in [3.8, 4) is 11.8 Å². The molecule has 0 aliphatic rings. The zero-order chi connectivity index (χ0) is 17.5. The van der Waals surface area contributed by atoms with Crippen molar-refractivity contribution in [2.75, 3.05) is 26.0 Å². The Balaban J connectivity index is 1.94. The van der Waals surface area contributed by atoms with Crippen molar-refractivity contribution in [3.05, 3.63) is 59.7 Å². The molecule has 0 saturated heterocycles. The van der Waals surface area contributed by atoms with E-state index >= 15 is 0 Å². The number of hydrogen-bond donors (Lipinski definition) is 1. The van der Waals surface area contributed by atoms with E-state index in [2.05, 4.69) is 5.32 Å². The van der Waals surface area contributed by atoms with Crippen molar-refractivity contribution in [2.24, 2.45) is 0 Å². The van der Waals surface area contributed by atoms with Gasteiger partial charge in [-0.15, -0.1) is 0 Å². The van der Waals surface area contributed by atoms with Crippen molar-refractivity contribution in [1.82, 2.24) is 4.90 Å². The topological polar surface area (TPSA) is 82.4 Å². The number of anilines is 1. The molecule has 0 aliphatic heterocycles. The molecule has 122 valence electrons. The average molecular weight is 323 g/mol. The molecule has 2 amide bonds. The molecule has 2 rings (SSSR count). The van der Waals surface area contributed by atoms with Crippen molar-refractivity contribution >= 4 is 17.5 Å².